The summed E-state index contributed by atoms with van der Waals surface area (Å²) in [7, 11) is 10.2. The van der Waals surface area contributed by atoms with E-state index in [0.717, 1.165) is 133 Å². The van der Waals surface area contributed by atoms with Crippen molar-refractivity contribution in [2.45, 2.75) is 156 Å². The summed E-state index contributed by atoms with van der Waals surface area (Å²) in [5.74, 6) is 0.265. The van der Waals surface area contributed by atoms with E-state index in [0.29, 0.717) is 29.5 Å². The fraction of sp³-hybridized carbons (Fsp3) is 0.275. The molecular weight excluding hydrogens is 1400 g/mol. The standard InChI is InChI=1S/C23H27FN.C22H26FN2.C20H21FN.C19H19FN.C18H17FN/c1-14(2)18-12-21(15(3)4)16(5)22(13-18)23-20-8-7-19(24)11-17(20)9-10-25(23)6;1-12(2)19-9-8-17-20(24-19)11-14(4)25(7)22(17)18-10-13(3)21(23)16(6)15(18)5;1-12-8-13(2)15(4)19(9-12)20-18-7-6-17(21)11-16(18)10-14(3)22(20)5;1-12-5-6-13(2)18(9-12)19-17-8-7-16(20)11-15(17)10-14(3)21(19)4;1-12-6-4-5-7-16(12)18-17-9-8-15(19)11-14(17)10-13(2)20(18)3/h7-15H,1-6H3;8-12H,1-7H3;6-11H,1-5H3;5-11H,1-4H3;4-11H,1-3H3/q5*+1/i10D;;;;. The smallest absolute Gasteiger partial charge is 0.222 e. The predicted molar refractivity (Wildman–Crippen MR) is 459 cm³/mol. The van der Waals surface area contributed by atoms with Crippen LogP contribution in [0.1, 0.15) is 156 Å². The average Bonchev–Trinajstić information content (AvgIpc) is 0.747. The number of fused-ring (bicyclic) bond motifs is 5. The quantitative estimate of drug-likeness (QED) is 0.110. The van der Waals surface area contributed by atoms with E-state index in [1.807, 2.05) is 100.0 Å². The van der Waals surface area contributed by atoms with Gasteiger partial charge in [0.2, 0.25) is 28.5 Å². The van der Waals surface area contributed by atoms with E-state index in [1.54, 1.807) is 30.3 Å². The van der Waals surface area contributed by atoms with Crippen molar-refractivity contribution < 1.29 is 46.2 Å². The second kappa shape index (κ2) is 34.0. The van der Waals surface area contributed by atoms with Gasteiger partial charge in [-0.2, -0.15) is 18.3 Å². The number of rotatable bonds is 8. The van der Waals surface area contributed by atoms with E-state index in [-0.39, 0.29) is 29.1 Å². The van der Waals surface area contributed by atoms with Gasteiger partial charge in [-0.25, -0.2) is 26.5 Å². The fourth-order valence-electron chi connectivity index (χ4n) is 15.7. The lowest BCUT2D eigenvalue weighted by Gasteiger charge is -2.18. The molecule has 0 radical (unpaired) electrons. The van der Waals surface area contributed by atoms with E-state index >= 15 is 0 Å². The van der Waals surface area contributed by atoms with Crippen LogP contribution < -0.4 is 22.8 Å². The van der Waals surface area contributed by atoms with Gasteiger partial charge in [0.1, 0.15) is 65.7 Å². The van der Waals surface area contributed by atoms with Crippen LogP contribution in [-0.4, -0.2) is 4.98 Å². The maximum Gasteiger partial charge on any atom is 0.222 e. The molecule has 6 aromatic heterocycles. The number of hydrogen-bond donors (Lipinski definition) is 0. The molecule has 0 atom stereocenters. The van der Waals surface area contributed by atoms with Crippen LogP contribution in [0, 0.1) is 126 Å². The Kier molecular flexibility index (Phi) is 24.5. The third-order valence-electron chi connectivity index (χ3n) is 22.9. The lowest BCUT2D eigenvalue weighted by atomic mass is 9.86. The lowest BCUT2D eigenvalue weighted by Crippen LogP contribution is -2.35. The minimum atomic E-state index is -0.271. The summed E-state index contributed by atoms with van der Waals surface area (Å²) in [6.45, 7) is 42.0. The molecule has 0 aliphatic heterocycles. The van der Waals surface area contributed by atoms with Gasteiger partial charge < -0.3 is 0 Å². The molecule has 9 aromatic carbocycles. The number of hydrogen-bond acceptors (Lipinski definition) is 1. The van der Waals surface area contributed by atoms with Gasteiger partial charge in [-0.1, -0.05) is 95.1 Å². The number of nitrogens with zero attached hydrogens (tertiary/aromatic N) is 6. The van der Waals surface area contributed by atoms with Gasteiger partial charge in [0.05, 0.1) is 49.1 Å². The highest BCUT2D eigenvalue weighted by molar-refractivity contribution is 5.98. The van der Waals surface area contributed by atoms with Crippen molar-refractivity contribution in [1.82, 2.24) is 4.98 Å². The van der Waals surface area contributed by atoms with Crippen LogP contribution in [0.25, 0.3) is 110 Å². The lowest BCUT2D eigenvalue weighted by molar-refractivity contribution is -0.665. The van der Waals surface area contributed by atoms with E-state index < -0.39 is 0 Å². The van der Waals surface area contributed by atoms with Crippen molar-refractivity contribution in [2.24, 2.45) is 35.2 Å². The Balaban J connectivity index is 0.000000141. The molecule has 6 nitrogen and oxygen atoms in total. The molecule has 0 fully saturated rings. The molecular formula is C102H110F5N6+5. The van der Waals surface area contributed by atoms with E-state index in [9.17, 15) is 22.0 Å². The first-order chi connectivity index (χ1) is 53.8. The normalized spacial score (nSPS) is 11.5. The number of halogens is 5. The van der Waals surface area contributed by atoms with Crippen molar-refractivity contribution >= 4 is 54.0 Å². The third-order valence-corrected chi connectivity index (χ3v) is 22.9. The van der Waals surface area contributed by atoms with Crippen LogP contribution in [0.5, 0.6) is 0 Å². The molecule has 0 aliphatic rings. The molecule has 0 aliphatic carbocycles. The van der Waals surface area contributed by atoms with Gasteiger partial charge in [0.25, 0.3) is 0 Å². The van der Waals surface area contributed by atoms with Crippen molar-refractivity contribution in [3.63, 3.8) is 0 Å². The molecule has 6 heterocycles. The Hall–Kier alpha value is -11.2. The minimum Gasteiger partial charge on any atom is -0.252 e. The Bertz CT molecular complexity index is 6290. The van der Waals surface area contributed by atoms with Crippen molar-refractivity contribution in [2.75, 3.05) is 0 Å². The molecule has 113 heavy (non-hydrogen) atoms. The van der Waals surface area contributed by atoms with Gasteiger partial charge in [-0.3, -0.25) is 4.98 Å². The maximum absolute atomic E-state index is 14.3. The van der Waals surface area contributed by atoms with Gasteiger partial charge >= 0.3 is 0 Å². The number of pyridine rings is 6. The zero-order valence-electron chi connectivity index (χ0n) is 71.7. The molecule has 0 saturated heterocycles. The van der Waals surface area contributed by atoms with Crippen LogP contribution >= 0.6 is 0 Å². The van der Waals surface area contributed by atoms with Crippen LogP contribution in [0.15, 0.2) is 194 Å². The van der Waals surface area contributed by atoms with Gasteiger partial charge in [-0.15, -0.1) is 0 Å². The van der Waals surface area contributed by atoms with Gasteiger partial charge in [0.15, 0.2) is 28.9 Å². The highest BCUT2D eigenvalue weighted by Crippen LogP contribution is 2.39. The van der Waals surface area contributed by atoms with Crippen molar-refractivity contribution in [3.8, 4) is 56.3 Å². The summed E-state index contributed by atoms with van der Waals surface area (Å²) >= 11 is 0. The highest BCUT2D eigenvalue weighted by atomic mass is 19.1. The number of aryl methyl sites for hydroxylation is 10. The maximum atomic E-state index is 14.3. The predicted octanol–water partition coefficient (Wildman–Crippen LogP) is 24.4. The van der Waals surface area contributed by atoms with Crippen LogP contribution in [0.2, 0.25) is 0 Å². The first kappa shape index (κ1) is 81.3. The Labute approximate surface area is 667 Å². The molecule has 0 unspecified atom stereocenters. The van der Waals surface area contributed by atoms with E-state index in [4.69, 9.17) is 6.35 Å². The second-order valence-electron chi connectivity index (χ2n) is 32.0. The summed E-state index contributed by atoms with van der Waals surface area (Å²) in [5.41, 5.74) is 31.6. The van der Waals surface area contributed by atoms with E-state index in [2.05, 4.69) is 230 Å². The Morgan fingerprint density at radius 1 is 0.310 bits per heavy atom. The summed E-state index contributed by atoms with van der Waals surface area (Å²) < 4.78 is 87.7. The highest BCUT2D eigenvalue weighted by Gasteiger charge is 2.28. The van der Waals surface area contributed by atoms with Crippen molar-refractivity contribution in [1.29, 1.82) is 0 Å². The molecule has 11 heteroatoms. The molecule has 0 spiro atoms. The molecule has 15 aromatic rings. The zero-order valence-corrected chi connectivity index (χ0v) is 70.7. The summed E-state index contributed by atoms with van der Waals surface area (Å²) in [6, 6.07) is 59.8. The first-order valence-corrected chi connectivity index (χ1v) is 39.1. The van der Waals surface area contributed by atoms with Crippen LogP contribution in [-0.2, 0) is 35.2 Å². The van der Waals surface area contributed by atoms with Crippen LogP contribution in [0.3, 0.4) is 0 Å². The minimum absolute atomic E-state index is 0.110. The molecule has 0 saturated carbocycles. The summed E-state index contributed by atoms with van der Waals surface area (Å²) in [6.07, 6.45) is 0.374. The van der Waals surface area contributed by atoms with Gasteiger partial charge in [-0.05, 0) is 279 Å². The fourth-order valence-corrected chi connectivity index (χ4v) is 15.7. The molecule has 0 bridgehead atoms. The molecule has 0 N–H and O–H groups in total. The molecule has 578 valence electrons. The molecule has 0 amide bonds. The first-order valence-electron chi connectivity index (χ1n) is 39.6. The SMILES string of the molecule is Cc1cc(-c2c3ccc(C(C)C)nc3cc(C)[n+]2C)c(C)c(C)c1F.Cc1cc(C)c(C)c(-c2c3ccc(F)cc3cc(C)[n+]2C)c1.Cc1ccc(C)c(-c2c3ccc(F)cc3cc(C)[n+]2C)c1.Cc1ccccc1-c1c2ccc(F)cc2cc(C)[n+]1C.[2H]c1cc2cc(F)ccc2c(-c2cc(C(C)C)cc(C(C)C)c2C)[n+]1C. The van der Waals surface area contributed by atoms with E-state index in [1.165, 1.54) is 91.0 Å². The Morgan fingerprint density at radius 3 is 1.25 bits per heavy atom. The largest absolute Gasteiger partial charge is 0.252 e. The topological polar surface area (TPSA) is 32.3 Å². The summed E-state index contributed by atoms with van der Waals surface area (Å²) in [4.78, 5) is 4.87. The summed E-state index contributed by atoms with van der Waals surface area (Å²) in [5, 5.41) is 8.93. The third kappa shape index (κ3) is 17.3. The zero-order chi connectivity index (χ0) is 83.1. The van der Waals surface area contributed by atoms with Crippen LogP contribution in [0.4, 0.5) is 22.0 Å². The van der Waals surface area contributed by atoms with Crippen molar-refractivity contribution in [3.05, 3.63) is 319 Å². The second-order valence-corrected chi connectivity index (χ2v) is 32.0. The monoisotopic (exact) mass is 1510 g/mol. The molecule has 15 rings (SSSR count). The number of benzene rings is 9. The average molecular weight is 1520 g/mol. The van der Waals surface area contributed by atoms with Gasteiger partial charge in [0, 0.05) is 74.8 Å². The number of aromatic nitrogens is 6. The Morgan fingerprint density at radius 2 is 0.743 bits per heavy atom.